The number of methoxy groups -OCH3 is 1. The smallest absolute Gasteiger partial charge is 0.273 e. The number of allylic oxidation sites excluding steroid dienone is 2. The molecule has 0 aromatic heterocycles. The molecule has 0 atom stereocenters. The predicted octanol–water partition coefficient (Wildman–Crippen LogP) is 1.60. The number of amides is 1. The van der Waals surface area contributed by atoms with Crippen LogP contribution in [-0.2, 0) is 4.79 Å². The van der Waals surface area contributed by atoms with Crippen LogP contribution in [-0.4, -0.2) is 18.1 Å². The van der Waals surface area contributed by atoms with E-state index in [9.17, 15) is 4.79 Å². The zero-order valence-electron chi connectivity index (χ0n) is 9.77. The molecular formula is C13H12N2O2S. The molecule has 0 saturated carbocycles. The first-order valence-corrected chi connectivity index (χ1v) is 5.75. The lowest BCUT2D eigenvalue weighted by atomic mass is 10.2. The van der Waals surface area contributed by atoms with E-state index in [1.54, 1.807) is 19.3 Å². The Morgan fingerprint density at radius 1 is 1.28 bits per heavy atom. The maximum Gasteiger partial charge on any atom is 0.273 e. The molecule has 0 aliphatic carbocycles. The molecule has 0 unspecified atom stereocenters. The van der Waals surface area contributed by atoms with Gasteiger partial charge in [-0.3, -0.25) is 10.1 Å². The number of carbonyl (C=O) groups is 1. The zero-order valence-corrected chi connectivity index (χ0v) is 10.6. The first-order chi connectivity index (χ1) is 8.70. The van der Waals surface area contributed by atoms with Crippen LogP contribution >= 0.6 is 12.2 Å². The highest BCUT2D eigenvalue weighted by Gasteiger charge is 2.18. The summed E-state index contributed by atoms with van der Waals surface area (Å²) in [5.41, 5.74) is 1.38. The average molecular weight is 260 g/mol. The minimum absolute atomic E-state index is 0.218. The molecule has 92 valence electrons. The highest BCUT2D eigenvalue weighted by molar-refractivity contribution is 7.80. The molecule has 1 heterocycles. The quantitative estimate of drug-likeness (QED) is 0.640. The van der Waals surface area contributed by atoms with Gasteiger partial charge in [0, 0.05) is 5.56 Å². The molecule has 1 aliphatic rings. The number of carbonyl (C=O) groups excluding carboxylic acids is 1. The van der Waals surface area contributed by atoms with E-state index >= 15 is 0 Å². The van der Waals surface area contributed by atoms with Gasteiger partial charge in [-0.15, -0.1) is 0 Å². The van der Waals surface area contributed by atoms with Crippen molar-refractivity contribution in [2.24, 2.45) is 0 Å². The highest BCUT2D eigenvalue weighted by atomic mass is 32.1. The van der Waals surface area contributed by atoms with Crippen molar-refractivity contribution < 1.29 is 9.53 Å². The van der Waals surface area contributed by atoms with Crippen molar-refractivity contribution in [2.45, 2.75) is 0 Å². The Kier molecular flexibility index (Phi) is 3.74. The van der Waals surface area contributed by atoms with Crippen LogP contribution in [0.25, 0.3) is 6.08 Å². The Hall–Kier alpha value is -2.14. The van der Waals surface area contributed by atoms with E-state index < -0.39 is 0 Å². The van der Waals surface area contributed by atoms with E-state index in [2.05, 4.69) is 10.6 Å². The molecule has 5 heteroatoms. The Balaban J connectivity index is 2.14. The summed E-state index contributed by atoms with van der Waals surface area (Å²) in [6.45, 7) is 0. The topological polar surface area (TPSA) is 50.4 Å². The van der Waals surface area contributed by atoms with Crippen LogP contribution in [0.3, 0.4) is 0 Å². The van der Waals surface area contributed by atoms with Gasteiger partial charge < -0.3 is 10.1 Å². The number of para-hydroxylation sites is 1. The molecule has 0 spiro atoms. The van der Waals surface area contributed by atoms with Gasteiger partial charge in [-0.2, -0.15) is 0 Å². The van der Waals surface area contributed by atoms with Crippen LogP contribution in [0.1, 0.15) is 5.56 Å². The number of nitrogens with one attached hydrogen (secondary N) is 2. The van der Waals surface area contributed by atoms with Gasteiger partial charge in [0.25, 0.3) is 5.91 Å². The van der Waals surface area contributed by atoms with E-state index in [0.717, 1.165) is 11.3 Å². The van der Waals surface area contributed by atoms with Crippen molar-refractivity contribution in [2.75, 3.05) is 7.11 Å². The van der Waals surface area contributed by atoms with E-state index in [1.165, 1.54) is 0 Å². The normalized spacial score (nSPS) is 17.1. The van der Waals surface area contributed by atoms with Crippen molar-refractivity contribution in [3.63, 3.8) is 0 Å². The number of benzene rings is 1. The number of hydrogen-bond donors (Lipinski definition) is 2. The molecule has 18 heavy (non-hydrogen) atoms. The Labute approximate surface area is 110 Å². The van der Waals surface area contributed by atoms with E-state index in [4.69, 9.17) is 17.0 Å². The van der Waals surface area contributed by atoms with Gasteiger partial charge in [0.05, 0.1) is 7.11 Å². The Morgan fingerprint density at radius 3 is 2.72 bits per heavy atom. The van der Waals surface area contributed by atoms with Crippen LogP contribution < -0.4 is 15.4 Å². The van der Waals surface area contributed by atoms with Gasteiger partial charge in [-0.25, -0.2) is 0 Å². The van der Waals surface area contributed by atoms with E-state index in [0.29, 0.717) is 10.8 Å². The summed E-state index contributed by atoms with van der Waals surface area (Å²) in [5.74, 6) is 0.566. The average Bonchev–Trinajstić information content (AvgIpc) is 2.68. The molecule has 1 aliphatic heterocycles. The lowest BCUT2D eigenvalue weighted by Gasteiger charge is -2.02. The van der Waals surface area contributed by atoms with Crippen LogP contribution in [0.4, 0.5) is 0 Å². The van der Waals surface area contributed by atoms with Crippen molar-refractivity contribution in [1.29, 1.82) is 0 Å². The Bertz CT molecular complexity index is 550. The summed E-state index contributed by atoms with van der Waals surface area (Å²) in [6.07, 6.45) is 5.30. The summed E-state index contributed by atoms with van der Waals surface area (Å²) < 4.78 is 5.22. The minimum Gasteiger partial charge on any atom is -0.496 e. The summed E-state index contributed by atoms with van der Waals surface area (Å²) in [4.78, 5) is 11.4. The third-order valence-corrected chi connectivity index (χ3v) is 2.60. The fourth-order valence-corrected chi connectivity index (χ4v) is 1.75. The molecule has 2 rings (SSSR count). The van der Waals surface area contributed by atoms with Crippen LogP contribution in [0.2, 0.25) is 0 Å². The number of thiocarbonyl (C=S) groups is 1. The largest absolute Gasteiger partial charge is 0.496 e. The third kappa shape index (κ3) is 2.75. The molecule has 1 amide bonds. The van der Waals surface area contributed by atoms with Gasteiger partial charge in [0.1, 0.15) is 11.4 Å². The number of rotatable bonds is 3. The van der Waals surface area contributed by atoms with Crippen molar-refractivity contribution in [1.82, 2.24) is 10.6 Å². The molecule has 0 bridgehead atoms. The molecule has 2 N–H and O–H groups in total. The SMILES string of the molecule is COc1ccccc1/C=C/C=C1\NC(=S)NC1=O. The summed E-state index contributed by atoms with van der Waals surface area (Å²) in [7, 11) is 1.62. The molecular weight excluding hydrogens is 248 g/mol. The van der Waals surface area contributed by atoms with Crippen LogP contribution in [0, 0.1) is 0 Å². The lowest BCUT2D eigenvalue weighted by Crippen LogP contribution is -2.21. The van der Waals surface area contributed by atoms with Gasteiger partial charge in [0.2, 0.25) is 0 Å². The fraction of sp³-hybridized carbons (Fsp3) is 0.0769. The number of hydrogen-bond acceptors (Lipinski definition) is 3. The lowest BCUT2D eigenvalue weighted by molar-refractivity contribution is -0.115. The number of ether oxygens (including phenoxy) is 1. The summed E-state index contributed by atoms with van der Waals surface area (Å²) in [6, 6.07) is 7.63. The Morgan fingerprint density at radius 2 is 2.06 bits per heavy atom. The van der Waals surface area contributed by atoms with Gasteiger partial charge in [0.15, 0.2) is 5.11 Å². The second-order valence-electron chi connectivity index (χ2n) is 3.59. The molecule has 1 fully saturated rings. The van der Waals surface area contributed by atoms with Crippen LogP contribution in [0.15, 0.2) is 42.1 Å². The van der Waals surface area contributed by atoms with Gasteiger partial charge in [-0.05, 0) is 24.4 Å². The van der Waals surface area contributed by atoms with Crippen molar-refractivity contribution in [3.05, 3.63) is 47.7 Å². The van der Waals surface area contributed by atoms with E-state index in [1.807, 2.05) is 30.3 Å². The second kappa shape index (κ2) is 5.46. The maximum atomic E-state index is 11.4. The van der Waals surface area contributed by atoms with E-state index in [-0.39, 0.29) is 5.91 Å². The van der Waals surface area contributed by atoms with Gasteiger partial charge >= 0.3 is 0 Å². The van der Waals surface area contributed by atoms with Crippen molar-refractivity contribution in [3.8, 4) is 5.75 Å². The zero-order chi connectivity index (χ0) is 13.0. The van der Waals surface area contributed by atoms with Crippen molar-refractivity contribution >= 4 is 29.3 Å². The molecule has 1 saturated heterocycles. The molecule has 1 aromatic carbocycles. The molecule has 0 radical (unpaired) electrons. The predicted molar refractivity (Wildman–Crippen MR) is 74.0 cm³/mol. The van der Waals surface area contributed by atoms with Gasteiger partial charge in [-0.1, -0.05) is 30.4 Å². The first kappa shape index (κ1) is 12.3. The molecule has 4 nitrogen and oxygen atoms in total. The minimum atomic E-state index is -0.218. The summed E-state index contributed by atoms with van der Waals surface area (Å²) >= 11 is 4.83. The fourth-order valence-electron chi connectivity index (χ4n) is 1.55. The summed E-state index contributed by atoms with van der Waals surface area (Å²) in [5, 5.41) is 5.59. The maximum absolute atomic E-state index is 11.4. The standard InChI is InChI=1S/C13H12N2O2S/c1-17-11-8-3-2-5-9(11)6-4-7-10-12(16)15-13(18)14-10/h2-8H,1H3,(H2,14,15,16,18)/b6-4+,10-7-. The van der Waals surface area contributed by atoms with Crippen LogP contribution in [0.5, 0.6) is 5.75 Å². The molecule has 1 aromatic rings. The first-order valence-electron chi connectivity index (χ1n) is 5.34. The highest BCUT2D eigenvalue weighted by Crippen LogP contribution is 2.18. The second-order valence-corrected chi connectivity index (χ2v) is 4.00. The third-order valence-electron chi connectivity index (χ3n) is 2.40. The monoisotopic (exact) mass is 260 g/mol.